The standard InChI is InChI=1S/C11H10Cl3NO2/c1-6-2-3-8(16)7(4-6)9(17)5-10(15)11(12,13)14/h2-5,16H,15H2,1H3/b10-5-. The minimum atomic E-state index is -1.84. The van der Waals surface area contributed by atoms with E-state index in [1.165, 1.54) is 12.1 Å². The summed E-state index contributed by atoms with van der Waals surface area (Å²) in [5.74, 6) is -0.663. The van der Waals surface area contributed by atoms with Crippen LogP contribution < -0.4 is 5.73 Å². The highest BCUT2D eigenvalue weighted by Gasteiger charge is 2.24. The molecule has 0 saturated heterocycles. The smallest absolute Gasteiger partial charge is 0.230 e. The third-order valence-corrected chi connectivity index (χ3v) is 2.69. The Labute approximate surface area is 114 Å². The van der Waals surface area contributed by atoms with Gasteiger partial charge in [-0.3, -0.25) is 4.79 Å². The number of ketones is 1. The fourth-order valence-corrected chi connectivity index (χ4v) is 1.31. The number of hydrogen-bond acceptors (Lipinski definition) is 3. The Morgan fingerprint density at radius 1 is 1.41 bits per heavy atom. The highest BCUT2D eigenvalue weighted by molar-refractivity contribution is 6.69. The number of aryl methyl sites for hydroxylation is 1. The Morgan fingerprint density at radius 3 is 2.53 bits per heavy atom. The molecule has 0 bridgehead atoms. The number of carbonyl (C=O) groups excluding carboxylic acids is 1. The van der Waals surface area contributed by atoms with Crippen LogP contribution in [0, 0.1) is 6.92 Å². The van der Waals surface area contributed by atoms with Crippen molar-refractivity contribution in [3.8, 4) is 5.75 Å². The second-order valence-electron chi connectivity index (χ2n) is 3.48. The van der Waals surface area contributed by atoms with Gasteiger partial charge in [0.2, 0.25) is 3.79 Å². The van der Waals surface area contributed by atoms with Gasteiger partial charge in [0.1, 0.15) is 5.75 Å². The number of halogens is 3. The number of benzene rings is 1. The van der Waals surface area contributed by atoms with Crippen molar-refractivity contribution >= 4 is 40.6 Å². The number of alkyl halides is 3. The SMILES string of the molecule is Cc1ccc(O)c(C(=O)/C=C(\N)C(Cl)(Cl)Cl)c1. The Kier molecular flexibility index (Phi) is 4.31. The lowest BCUT2D eigenvalue weighted by Gasteiger charge is -2.10. The lowest BCUT2D eigenvalue weighted by Crippen LogP contribution is -2.17. The van der Waals surface area contributed by atoms with Crippen LogP contribution in [0.15, 0.2) is 30.0 Å². The Balaban J connectivity index is 3.10. The van der Waals surface area contributed by atoms with Crippen LogP contribution in [-0.2, 0) is 0 Å². The monoisotopic (exact) mass is 293 g/mol. The summed E-state index contributed by atoms with van der Waals surface area (Å²) >= 11 is 16.5. The van der Waals surface area contributed by atoms with Gasteiger partial charge < -0.3 is 10.8 Å². The lowest BCUT2D eigenvalue weighted by molar-refractivity contribution is 0.104. The van der Waals surface area contributed by atoms with E-state index < -0.39 is 9.58 Å². The second-order valence-corrected chi connectivity index (χ2v) is 5.76. The summed E-state index contributed by atoms with van der Waals surface area (Å²) in [6.45, 7) is 1.79. The first-order chi connectivity index (χ1) is 7.71. The number of carbonyl (C=O) groups is 1. The topological polar surface area (TPSA) is 63.3 Å². The van der Waals surface area contributed by atoms with Crippen molar-refractivity contribution in [2.75, 3.05) is 0 Å². The van der Waals surface area contributed by atoms with Crippen molar-refractivity contribution in [1.82, 2.24) is 0 Å². The van der Waals surface area contributed by atoms with Gasteiger partial charge in [-0.05, 0) is 19.1 Å². The van der Waals surface area contributed by atoms with Crippen LogP contribution in [0.25, 0.3) is 0 Å². The third-order valence-electron chi connectivity index (χ3n) is 2.03. The molecule has 0 aliphatic carbocycles. The van der Waals surface area contributed by atoms with Gasteiger partial charge in [0.25, 0.3) is 0 Å². The van der Waals surface area contributed by atoms with Crippen LogP contribution >= 0.6 is 34.8 Å². The zero-order valence-electron chi connectivity index (χ0n) is 8.88. The van der Waals surface area contributed by atoms with E-state index in [1.807, 2.05) is 0 Å². The molecule has 92 valence electrons. The molecule has 0 saturated carbocycles. The highest BCUT2D eigenvalue weighted by atomic mass is 35.6. The number of phenolic OH excluding ortho intramolecular Hbond substituents is 1. The molecular formula is C11H10Cl3NO2. The van der Waals surface area contributed by atoms with Gasteiger partial charge in [-0.2, -0.15) is 0 Å². The van der Waals surface area contributed by atoms with E-state index in [-0.39, 0.29) is 17.0 Å². The molecule has 0 aliphatic rings. The molecule has 0 atom stereocenters. The van der Waals surface area contributed by atoms with Crippen molar-refractivity contribution in [1.29, 1.82) is 0 Å². The molecule has 0 unspecified atom stereocenters. The molecule has 1 aromatic rings. The van der Waals surface area contributed by atoms with Gasteiger partial charge in [-0.1, -0.05) is 46.4 Å². The minimum Gasteiger partial charge on any atom is -0.507 e. The summed E-state index contributed by atoms with van der Waals surface area (Å²) in [6, 6.07) is 4.62. The van der Waals surface area contributed by atoms with Crippen molar-refractivity contribution in [2.45, 2.75) is 10.7 Å². The zero-order valence-corrected chi connectivity index (χ0v) is 11.1. The highest BCUT2D eigenvalue weighted by Crippen LogP contribution is 2.32. The molecule has 17 heavy (non-hydrogen) atoms. The quantitative estimate of drug-likeness (QED) is 0.500. The van der Waals surface area contributed by atoms with Crippen LogP contribution in [0.2, 0.25) is 0 Å². The van der Waals surface area contributed by atoms with Gasteiger partial charge in [0, 0.05) is 6.08 Å². The maximum atomic E-state index is 11.8. The first-order valence-electron chi connectivity index (χ1n) is 4.60. The molecule has 1 aromatic carbocycles. The van der Waals surface area contributed by atoms with E-state index in [1.54, 1.807) is 13.0 Å². The Bertz CT molecular complexity index is 478. The van der Waals surface area contributed by atoms with Crippen LogP contribution in [0.4, 0.5) is 0 Å². The van der Waals surface area contributed by atoms with E-state index in [2.05, 4.69) is 0 Å². The van der Waals surface area contributed by atoms with Crippen molar-refractivity contribution < 1.29 is 9.90 Å². The number of phenols is 1. The van der Waals surface area contributed by atoms with Crippen LogP contribution in [0.5, 0.6) is 5.75 Å². The average Bonchev–Trinajstić information content (AvgIpc) is 2.20. The Morgan fingerprint density at radius 2 is 2.00 bits per heavy atom. The molecule has 0 spiro atoms. The van der Waals surface area contributed by atoms with Gasteiger partial charge in [0.15, 0.2) is 5.78 Å². The van der Waals surface area contributed by atoms with Gasteiger partial charge in [-0.25, -0.2) is 0 Å². The first-order valence-corrected chi connectivity index (χ1v) is 5.73. The predicted molar refractivity (Wildman–Crippen MR) is 69.7 cm³/mol. The van der Waals surface area contributed by atoms with Gasteiger partial charge >= 0.3 is 0 Å². The minimum absolute atomic E-state index is 0.113. The maximum absolute atomic E-state index is 11.8. The summed E-state index contributed by atoms with van der Waals surface area (Å²) < 4.78 is -1.84. The predicted octanol–water partition coefficient (Wildman–Crippen LogP) is 3.10. The fraction of sp³-hybridized carbons (Fsp3) is 0.182. The molecule has 0 aromatic heterocycles. The maximum Gasteiger partial charge on any atom is 0.230 e. The summed E-state index contributed by atoms with van der Waals surface area (Å²) in [5, 5.41) is 9.53. The fourth-order valence-electron chi connectivity index (χ4n) is 1.15. The molecule has 0 aliphatic heterocycles. The molecule has 0 radical (unpaired) electrons. The molecule has 3 nitrogen and oxygen atoms in total. The molecule has 0 amide bonds. The molecular weight excluding hydrogens is 284 g/mol. The van der Waals surface area contributed by atoms with E-state index in [0.29, 0.717) is 0 Å². The number of nitrogens with two attached hydrogens (primary N) is 1. The molecule has 3 N–H and O–H groups in total. The normalized spacial score (nSPS) is 12.6. The molecule has 1 rings (SSSR count). The number of hydrogen-bond donors (Lipinski definition) is 2. The third kappa shape index (κ3) is 3.80. The average molecular weight is 295 g/mol. The number of allylic oxidation sites excluding steroid dienone is 2. The van der Waals surface area contributed by atoms with E-state index in [4.69, 9.17) is 40.5 Å². The van der Waals surface area contributed by atoms with Gasteiger partial charge in [-0.15, -0.1) is 0 Å². The summed E-state index contributed by atoms with van der Waals surface area (Å²) in [5.41, 5.74) is 6.18. The number of aromatic hydroxyl groups is 1. The summed E-state index contributed by atoms with van der Waals surface area (Å²) in [4.78, 5) is 11.8. The van der Waals surface area contributed by atoms with Crippen molar-refractivity contribution in [3.63, 3.8) is 0 Å². The molecule has 6 heteroatoms. The first kappa shape index (κ1) is 14.2. The summed E-state index contributed by atoms with van der Waals surface area (Å²) in [7, 11) is 0. The van der Waals surface area contributed by atoms with E-state index in [9.17, 15) is 9.90 Å². The van der Waals surface area contributed by atoms with Crippen LogP contribution in [0.1, 0.15) is 15.9 Å². The summed E-state index contributed by atoms with van der Waals surface area (Å²) in [6.07, 6.45) is 0.988. The molecule has 0 fully saturated rings. The Hall–Kier alpha value is -0.900. The zero-order chi connectivity index (χ0) is 13.2. The van der Waals surface area contributed by atoms with Crippen LogP contribution in [-0.4, -0.2) is 14.7 Å². The lowest BCUT2D eigenvalue weighted by atomic mass is 10.1. The van der Waals surface area contributed by atoms with Crippen LogP contribution in [0.3, 0.4) is 0 Å². The van der Waals surface area contributed by atoms with Crippen molar-refractivity contribution in [3.05, 3.63) is 41.1 Å². The molecule has 0 heterocycles. The second kappa shape index (κ2) is 5.17. The number of rotatable bonds is 2. The van der Waals surface area contributed by atoms with E-state index >= 15 is 0 Å². The largest absolute Gasteiger partial charge is 0.507 e. The van der Waals surface area contributed by atoms with Gasteiger partial charge in [0.05, 0.1) is 11.3 Å². The van der Waals surface area contributed by atoms with E-state index in [0.717, 1.165) is 11.6 Å². The van der Waals surface area contributed by atoms with Crippen molar-refractivity contribution in [2.24, 2.45) is 5.73 Å².